The number of amides is 2. The molecule has 384 valence electrons. The third kappa shape index (κ3) is 12.4. The molecule has 19 heteroatoms. The summed E-state index contributed by atoms with van der Waals surface area (Å²) in [6.07, 6.45) is 4.04. The summed E-state index contributed by atoms with van der Waals surface area (Å²) in [4.78, 5) is 101. The fourth-order valence-electron chi connectivity index (χ4n) is 9.33. The normalized spacial score (nSPS) is 18.0. The van der Waals surface area contributed by atoms with E-state index in [9.17, 15) is 33.6 Å². The number of ketones is 2. The molecule has 4 heterocycles. The zero-order valence-corrected chi connectivity index (χ0v) is 42.9. The van der Waals surface area contributed by atoms with Gasteiger partial charge in [0.1, 0.15) is 29.1 Å². The Morgan fingerprint density at radius 3 is 1.55 bits per heavy atom. The van der Waals surface area contributed by atoms with Gasteiger partial charge in [-0.15, -0.1) is 12.4 Å². The van der Waals surface area contributed by atoms with Gasteiger partial charge >= 0.3 is 6.09 Å². The van der Waals surface area contributed by atoms with Gasteiger partial charge in [0.2, 0.25) is 5.91 Å². The second-order valence-corrected chi connectivity index (χ2v) is 19.6. The number of Topliss-reactive ketones (excluding diaryl/α,β-unsaturated/α-hetero) is 2. The fourth-order valence-corrected chi connectivity index (χ4v) is 9.33. The van der Waals surface area contributed by atoms with Crippen LogP contribution in [0, 0.1) is 20.8 Å². The number of anilines is 1. The van der Waals surface area contributed by atoms with Crippen LogP contribution in [0.1, 0.15) is 119 Å². The third-order valence-electron chi connectivity index (χ3n) is 12.8. The standard InChI is InChI=1S/C22H27N3O4.C16H18N4O2.C16H17N3O2.ClH/c1-13-6-9-18(19(26)10-13)25-14(2)24-17-11-15(7-8-16(17)20(25)27)12-23-21(28)29-22(3,4)5;1-9-3-6-14(15(21)18-9)20-10(2)19-13-7-11(8-17)4-5-12(13)16(20)22;1-9-3-6-14(15(20)7-9)19-10(2)18-13-8-11(17)4-5-12(13)16(19)21;/h7-8,11,18H,1,6,9-10,12H2,2-5H3,(H,23,28);4-5,7,14H,1,3,6,8,17H2,2H3,(H,18,21);4-5,8,14H,1,3,6-7,17H2,2H3;1H. The van der Waals surface area contributed by atoms with Crippen LogP contribution in [0.2, 0.25) is 0 Å². The number of carbonyl (C=O) groups excluding carboxylic acids is 4. The smallest absolute Gasteiger partial charge is 0.407 e. The van der Waals surface area contributed by atoms with Crippen molar-refractivity contribution in [2.45, 2.75) is 130 Å². The lowest BCUT2D eigenvalue weighted by Crippen LogP contribution is -2.41. The molecule has 2 amide bonds. The molecule has 0 radical (unpaired) electrons. The number of hydrogen-bond donors (Lipinski definition) is 4. The van der Waals surface area contributed by atoms with Gasteiger partial charge in [0.25, 0.3) is 16.7 Å². The van der Waals surface area contributed by atoms with E-state index in [-0.39, 0.29) is 53.1 Å². The van der Waals surface area contributed by atoms with E-state index in [1.807, 2.05) is 12.1 Å². The van der Waals surface area contributed by atoms with E-state index in [0.29, 0.717) is 107 Å². The number of nitrogens with one attached hydrogen (secondary N) is 2. The molecule has 0 bridgehead atoms. The molecule has 3 aromatic carbocycles. The monoisotopic (exact) mass is 1010 g/mol. The van der Waals surface area contributed by atoms with Crippen LogP contribution in [-0.4, -0.2) is 57.8 Å². The maximum atomic E-state index is 13.1. The van der Waals surface area contributed by atoms with Gasteiger partial charge in [-0.05, 0) is 134 Å². The molecular weight excluding hydrogens is 952 g/mol. The van der Waals surface area contributed by atoms with Crippen LogP contribution in [0.5, 0.6) is 0 Å². The van der Waals surface area contributed by atoms with E-state index in [1.54, 1.807) is 84.0 Å². The van der Waals surface area contributed by atoms with Crippen LogP contribution < -0.4 is 38.8 Å². The number of nitrogens with zero attached hydrogens (tertiary/aromatic N) is 6. The highest BCUT2D eigenvalue weighted by molar-refractivity contribution is 5.88. The lowest BCUT2D eigenvalue weighted by Gasteiger charge is -2.26. The molecule has 6 aromatic rings. The number of hydrogen-bond acceptors (Lipinski definition) is 13. The zero-order chi connectivity index (χ0) is 52.3. The number of aryl methyl sites for hydroxylation is 3. The quantitative estimate of drug-likeness (QED) is 0.0947. The Hall–Kier alpha value is -7.57. The van der Waals surface area contributed by atoms with E-state index in [0.717, 1.165) is 35.1 Å². The molecule has 1 aliphatic heterocycles. The highest BCUT2D eigenvalue weighted by Gasteiger charge is 2.31. The number of alkyl carbamates (subject to hydrolysis) is 1. The maximum absolute atomic E-state index is 13.1. The predicted octanol–water partition coefficient (Wildman–Crippen LogP) is 7.27. The summed E-state index contributed by atoms with van der Waals surface area (Å²) in [5.41, 5.74) is 16.7. The van der Waals surface area contributed by atoms with Crippen molar-refractivity contribution >= 4 is 74.4 Å². The predicted molar refractivity (Wildman–Crippen MR) is 284 cm³/mol. The molecule has 3 fully saturated rings. The molecular formula is C54H63ClN10O8. The van der Waals surface area contributed by atoms with Crippen LogP contribution in [-0.2, 0) is 32.2 Å². The van der Waals surface area contributed by atoms with Gasteiger partial charge in [0.05, 0.1) is 44.8 Å². The van der Waals surface area contributed by atoms with Crippen molar-refractivity contribution in [2.75, 3.05) is 5.73 Å². The Balaban J connectivity index is 0.000000180. The highest BCUT2D eigenvalue weighted by Crippen LogP contribution is 2.30. The van der Waals surface area contributed by atoms with E-state index in [2.05, 4.69) is 45.3 Å². The van der Waals surface area contributed by atoms with Gasteiger partial charge in [0.15, 0.2) is 11.6 Å². The molecule has 73 heavy (non-hydrogen) atoms. The number of allylic oxidation sites excluding steroid dienone is 3. The Labute approximate surface area is 428 Å². The highest BCUT2D eigenvalue weighted by atomic mass is 35.5. The van der Waals surface area contributed by atoms with E-state index in [1.165, 1.54) is 13.7 Å². The number of benzene rings is 3. The molecule has 6 N–H and O–H groups in total. The van der Waals surface area contributed by atoms with E-state index in [4.69, 9.17) is 16.2 Å². The summed E-state index contributed by atoms with van der Waals surface area (Å²) in [6, 6.07) is 14.2. The number of nitrogen functional groups attached to an aromatic ring is 1. The van der Waals surface area contributed by atoms with Crippen molar-refractivity contribution in [3.63, 3.8) is 0 Å². The second kappa shape index (κ2) is 22.5. The summed E-state index contributed by atoms with van der Waals surface area (Å²) < 4.78 is 9.74. The summed E-state index contributed by atoms with van der Waals surface area (Å²) in [5.74, 6) is 1.41. The molecule has 2 aliphatic carbocycles. The van der Waals surface area contributed by atoms with Crippen LogP contribution in [0.4, 0.5) is 10.5 Å². The van der Waals surface area contributed by atoms with E-state index >= 15 is 0 Å². The Morgan fingerprint density at radius 1 is 0.671 bits per heavy atom. The van der Waals surface area contributed by atoms with Gasteiger partial charge in [0, 0.05) is 37.3 Å². The van der Waals surface area contributed by atoms with Crippen molar-refractivity contribution < 1.29 is 23.9 Å². The van der Waals surface area contributed by atoms with Gasteiger partial charge in [-0.2, -0.15) is 0 Å². The van der Waals surface area contributed by atoms with Crippen molar-refractivity contribution in [1.29, 1.82) is 0 Å². The van der Waals surface area contributed by atoms with Gasteiger partial charge < -0.3 is 26.8 Å². The minimum absolute atomic E-state index is 0. The van der Waals surface area contributed by atoms with Gasteiger partial charge in [-0.3, -0.25) is 42.5 Å². The maximum Gasteiger partial charge on any atom is 0.407 e. The Kier molecular flexibility index (Phi) is 16.8. The molecule has 1 saturated heterocycles. The SMILES string of the molecule is C=C1CCC(n2c(C)nc3cc(CN)ccc3c2=O)C(=O)N1.C=C1CCC(n2c(C)nc3cc(CNC(=O)OC(C)(C)C)ccc3c2=O)C(=O)C1.C=C1CCC(n2c(C)nc3cc(N)ccc3c2=O)C(=O)C1.Cl. The number of ether oxygens (including phenoxy) is 1. The summed E-state index contributed by atoms with van der Waals surface area (Å²) in [7, 11) is 0. The third-order valence-corrected chi connectivity index (χ3v) is 12.8. The molecule has 9 rings (SSSR count). The van der Waals surface area contributed by atoms with Crippen molar-refractivity contribution in [3.05, 3.63) is 151 Å². The largest absolute Gasteiger partial charge is 0.444 e. The number of rotatable bonds is 6. The van der Waals surface area contributed by atoms with Crippen LogP contribution in [0.15, 0.2) is 106 Å². The first-order valence-corrected chi connectivity index (χ1v) is 23.9. The summed E-state index contributed by atoms with van der Waals surface area (Å²) in [5, 5.41) is 6.85. The number of carbonyl (C=O) groups is 4. The van der Waals surface area contributed by atoms with Crippen molar-refractivity contribution in [2.24, 2.45) is 5.73 Å². The summed E-state index contributed by atoms with van der Waals surface area (Å²) in [6.45, 7) is 22.8. The van der Waals surface area contributed by atoms with E-state index < -0.39 is 29.8 Å². The van der Waals surface area contributed by atoms with Crippen molar-refractivity contribution in [3.8, 4) is 0 Å². The average Bonchev–Trinajstić information content (AvgIpc) is 3.29. The lowest BCUT2D eigenvalue weighted by atomic mass is 9.90. The minimum atomic E-state index is -0.569. The first-order valence-electron chi connectivity index (χ1n) is 23.9. The van der Waals surface area contributed by atoms with Crippen molar-refractivity contribution in [1.82, 2.24) is 39.3 Å². The van der Waals surface area contributed by atoms with Gasteiger partial charge in [-0.25, -0.2) is 19.7 Å². The number of aromatic nitrogens is 6. The number of fused-ring (bicyclic) bond motifs is 3. The van der Waals surface area contributed by atoms with Crippen LogP contribution >= 0.6 is 12.4 Å². The molecule has 3 aromatic heterocycles. The number of halogens is 1. The fraction of sp³-hybridized carbons (Fsp3) is 0.370. The second-order valence-electron chi connectivity index (χ2n) is 19.6. The number of nitrogens with two attached hydrogens (primary N) is 2. The average molecular weight is 1020 g/mol. The molecule has 3 unspecified atom stereocenters. The molecule has 18 nitrogen and oxygen atoms in total. The van der Waals surface area contributed by atoms with Crippen LogP contribution in [0.3, 0.4) is 0 Å². The topological polar surface area (TPSA) is 258 Å². The summed E-state index contributed by atoms with van der Waals surface area (Å²) >= 11 is 0. The number of piperidine rings is 1. The zero-order valence-electron chi connectivity index (χ0n) is 42.1. The molecule has 2 saturated carbocycles. The Bertz CT molecular complexity index is 3420. The molecule has 3 atom stereocenters. The lowest BCUT2D eigenvalue weighted by molar-refractivity contribution is -0.125. The first kappa shape index (κ1) is 54.8. The molecule has 0 spiro atoms. The van der Waals surface area contributed by atoms with Gasteiger partial charge in [-0.1, -0.05) is 43.0 Å². The van der Waals surface area contributed by atoms with Crippen LogP contribution in [0.25, 0.3) is 32.7 Å². The minimum Gasteiger partial charge on any atom is -0.444 e. The Morgan fingerprint density at radius 2 is 1.10 bits per heavy atom. The first-order chi connectivity index (χ1) is 34.0. The molecule has 3 aliphatic rings.